The second-order valence-electron chi connectivity index (χ2n) is 5.36. The van der Waals surface area contributed by atoms with Crippen LogP contribution in [0.3, 0.4) is 0 Å². The molecule has 0 atom stereocenters. The molecule has 0 bridgehead atoms. The molecule has 2 N–H and O–H groups in total. The van der Waals surface area contributed by atoms with Crippen molar-refractivity contribution in [2.24, 2.45) is 5.92 Å². The summed E-state index contributed by atoms with van der Waals surface area (Å²) in [6.45, 7) is 7.89. The number of carbonyl (C=O) groups is 3. The Balaban J connectivity index is -0.00000264. The topological polar surface area (TPSA) is 103 Å². The Kier molecular flexibility index (Phi) is 14.1. The number of nitrogens with one attached hydrogen (secondary N) is 2. The van der Waals surface area contributed by atoms with Gasteiger partial charge in [-0.1, -0.05) is 13.8 Å². The van der Waals surface area contributed by atoms with Gasteiger partial charge in [0.15, 0.2) is 5.78 Å². The van der Waals surface area contributed by atoms with Gasteiger partial charge in [0.25, 0.3) is 0 Å². The van der Waals surface area contributed by atoms with Crippen LogP contribution in [-0.4, -0.2) is 70.3 Å². The van der Waals surface area contributed by atoms with Crippen LogP contribution in [0.4, 0.5) is 0 Å². The Bertz CT molecular complexity index is 384. The summed E-state index contributed by atoms with van der Waals surface area (Å²) >= 11 is 0. The third kappa shape index (κ3) is 14.1. The van der Waals surface area contributed by atoms with Crippen LogP contribution in [0.2, 0.25) is 0 Å². The maximum Gasteiger partial charge on any atom is 0.239 e. The summed E-state index contributed by atoms with van der Waals surface area (Å²) in [6, 6.07) is 0. The Hall–Kier alpha value is -1.51. The van der Waals surface area contributed by atoms with Gasteiger partial charge in [-0.15, -0.1) is 0 Å². The lowest BCUT2D eigenvalue weighted by molar-refractivity contribution is -0.127. The molecule has 0 saturated carbocycles. The van der Waals surface area contributed by atoms with Crippen LogP contribution in [-0.2, 0) is 28.6 Å². The van der Waals surface area contributed by atoms with Crippen LogP contribution in [0, 0.1) is 5.92 Å². The first-order chi connectivity index (χ1) is 11.5. The predicted octanol–water partition coefficient (Wildman–Crippen LogP) is 0.396. The monoisotopic (exact) mass is 350 g/mol. The lowest BCUT2D eigenvalue weighted by Crippen LogP contribution is -2.38. The molecule has 0 aromatic carbocycles. The van der Waals surface area contributed by atoms with Gasteiger partial charge in [-0.05, 0) is 6.92 Å². The molecule has 144 valence electrons. The zero-order valence-electron chi connectivity index (χ0n) is 14.9. The molecule has 0 aliphatic carbocycles. The fraction of sp³-hybridized carbons (Fsp3) is 0.812. The van der Waals surface area contributed by atoms with Crippen molar-refractivity contribution in [3.8, 4) is 0 Å². The molecule has 8 heteroatoms. The molecule has 0 heterocycles. The molecule has 0 saturated heterocycles. The smallest absolute Gasteiger partial charge is 0.239 e. The molecule has 0 aromatic rings. The van der Waals surface area contributed by atoms with Gasteiger partial charge in [0.1, 0.15) is 6.61 Å². The molecule has 8 nitrogen and oxygen atoms in total. The number of ether oxygens (including phenoxy) is 3. The predicted molar refractivity (Wildman–Crippen MR) is 92.8 cm³/mol. The minimum Gasteiger partial charge on any atom is -0.379 e. The molecular weight excluding hydrogens is 316 g/mol. The first-order valence-electron chi connectivity index (χ1n) is 8.26. The number of ketones is 1. The third-order valence-corrected chi connectivity index (χ3v) is 2.95. The molecule has 0 aliphatic rings. The van der Waals surface area contributed by atoms with E-state index in [0.717, 1.165) is 0 Å². The SMILES string of the molecule is CCOCCOCCC(=O)NCC(=O)NCCOCC(=O)C(C)C.[HH].[HH]. The third-order valence-electron chi connectivity index (χ3n) is 2.95. The van der Waals surface area contributed by atoms with Gasteiger partial charge >= 0.3 is 0 Å². The van der Waals surface area contributed by atoms with Gasteiger partial charge in [0.2, 0.25) is 11.8 Å². The average Bonchev–Trinajstić information content (AvgIpc) is 2.55. The fourth-order valence-electron chi connectivity index (χ4n) is 1.46. The normalized spacial score (nSPS) is 10.7. The zero-order chi connectivity index (χ0) is 18.2. The van der Waals surface area contributed by atoms with Crippen molar-refractivity contribution in [1.29, 1.82) is 0 Å². The zero-order valence-corrected chi connectivity index (χ0v) is 14.9. The first-order valence-corrected chi connectivity index (χ1v) is 8.26. The summed E-state index contributed by atoms with van der Waals surface area (Å²) in [6.07, 6.45) is 0.194. The Morgan fingerprint density at radius 1 is 0.917 bits per heavy atom. The van der Waals surface area contributed by atoms with E-state index in [2.05, 4.69) is 10.6 Å². The Morgan fingerprint density at radius 2 is 1.62 bits per heavy atom. The minimum absolute atomic E-state index is 0. The van der Waals surface area contributed by atoms with Crippen molar-refractivity contribution in [3.63, 3.8) is 0 Å². The molecule has 0 fully saturated rings. The summed E-state index contributed by atoms with van der Waals surface area (Å²) in [5.74, 6) is -0.588. The number of amides is 2. The van der Waals surface area contributed by atoms with Crippen molar-refractivity contribution >= 4 is 17.6 Å². The van der Waals surface area contributed by atoms with Gasteiger partial charge < -0.3 is 24.8 Å². The lowest BCUT2D eigenvalue weighted by atomic mass is 10.1. The highest BCUT2D eigenvalue weighted by molar-refractivity contribution is 5.84. The molecule has 0 unspecified atom stereocenters. The van der Waals surface area contributed by atoms with Crippen LogP contribution < -0.4 is 10.6 Å². The van der Waals surface area contributed by atoms with Crippen molar-refractivity contribution in [1.82, 2.24) is 10.6 Å². The summed E-state index contributed by atoms with van der Waals surface area (Å²) in [5, 5.41) is 5.10. The summed E-state index contributed by atoms with van der Waals surface area (Å²) in [4.78, 5) is 34.3. The standard InChI is InChI=1S/C16H30N2O6.2H2/c1-4-22-9-10-23-7-5-15(20)18-11-16(21)17-6-8-24-12-14(19)13(2)3;;/h13H,4-12H2,1-3H3,(H,17,21)(H,18,20);2*1H. The lowest BCUT2D eigenvalue weighted by Gasteiger charge is -2.08. The van der Waals surface area contributed by atoms with Crippen LogP contribution in [0.25, 0.3) is 0 Å². The highest BCUT2D eigenvalue weighted by Gasteiger charge is 2.07. The van der Waals surface area contributed by atoms with E-state index in [1.807, 2.05) is 6.92 Å². The van der Waals surface area contributed by atoms with E-state index in [1.165, 1.54) is 0 Å². The molecule has 24 heavy (non-hydrogen) atoms. The molecule has 0 rings (SSSR count). The maximum absolute atomic E-state index is 11.5. The second-order valence-corrected chi connectivity index (χ2v) is 5.36. The summed E-state index contributed by atoms with van der Waals surface area (Å²) in [7, 11) is 0. The quantitative estimate of drug-likeness (QED) is 0.414. The van der Waals surface area contributed by atoms with Crippen LogP contribution in [0.15, 0.2) is 0 Å². The molecule has 0 radical (unpaired) electrons. The number of carbonyl (C=O) groups excluding carboxylic acids is 3. The highest BCUT2D eigenvalue weighted by atomic mass is 16.5. The van der Waals surface area contributed by atoms with Crippen LogP contribution in [0.5, 0.6) is 0 Å². The molecule has 0 spiro atoms. The average molecular weight is 350 g/mol. The molecule has 0 aliphatic heterocycles. The van der Waals surface area contributed by atoms with E-state index in [-0.39, 0.29) is 59.2 Å². The summed E-state index contributed by atoms with van der Waals surface area (Å²) < 4.78 is 15.4. The Morgan fingerprint density at radius 3 is 2.29 bits per heavy atom. The van der Waals surface area contributed by atoms with Crippen molar-refractivity contribution < 1.29 is 31.4 Å². The molecular formula is C16H34N2O6. The molecule has 0 aromatic heterocycles. The van der Waals surface area contributed by atoms with E-state index in [1.54, 1.807) is 13.8 Å². The van der Waals surface area contributed by atoms with E-state index >= 15 is 0 Å². The minimum atomic E-state index is -0.306. The van der Waals surface area contributed by atoms with E-state index in [0.29, 0.717) is 26.4 Å². The number of hydrogen-bond donors (Lipinski definition) is 2. The molecule has 2 amide bonds. The van der Waals surface area contributed by atoms with Gasteiger partial charge in [0.05, 0.1) is 33.0 Å². The van der Waals surface area contributed by atoms with Crippen molar-refractivity contribution in [2.45, 2.75) is 27.2 Å². The van der Waals surface area contributed by atoms with Gasteiger partial charge in [0, 0.05) is 28.3 Å². The van der Waals surface area contributed by atoms with Crippen LogP contribution in [0.1, 0.15) is 30.0 Å². The van der Waals surface area contributed by atoms with E-state index in [4.69, 9.17) is 14.2 Å². The first kappa shape index (κ1) is 22.5. The van der Waals surface area contributed by atoms with E-state index < -0.39 is 0 Å². The van der Waals surface area contributed by atoms with Gasteiger partial charge in [-0.2, -0.15) is 0 Å². The highest BCUT2D eigenvalue weighted by Crippen LogP contribution is 1.93. The number of hydrogen-bond acceptors (Lipinski definition) is 6. The Labute approximate surface area is 146 Å². The maximum atomic E-state index is 11.5. The van der Waals surface area contributed by atoms with Crippen molar-refractivity contribution in [2.75, 3.05) is 52.7 Å². The number of rotatable bonds is 15. The largest absolute Gasteiger partial charge is 0.379 e. The van der Waals surface area contributed by atoms with Gasteiger partial charge in [-0.25, -0.2) is 0 Å². The fourth-order valence-corrected chi connectivity index (χ4v) is 1.46. The van der Waals surface area contributed by atoms with Crippen molar-refractivity contribution in [3.05, 3.63) is 0 Å². The summed E-state index contributed by atoms with van der Waals surface area (Å²) in [5.41, 5.74) is 0. The van der Waals surface area contributed by atoms with E-state index in [9.17, 15) is 14.4 Å². The van der Waals surface area contributed by atoms with Crippen LogP contribution >= 0.6 is 0 Å². The number of Topliss-reactive ketones (excluding diaryl/α,β-unsaturated/α-hetero) is 1. The second kappa shape index (κ2) is 15.0. The van der Waals surface area contributed by atoms with Gasteiger partial charge in [-0.3, -0.25) is 14.4 Å².